The van der Waals surface area contributed by atoms with Crippen molar-refractivity contribution >= 4 is 11.6 Å². The first-order valence-electron chi connectivity index (χ1n) is 9.77. The van der Waals surface area contributed by atoms with Gasteiger partial charge in [-0.1, -0.05) is 12.1 Å². The highest BCUT2D eigenvalue weighted by Gasteiger charge is 2.07. The van der Waals surface area contributed by atoms with E-state index in [9.17, 15) is 0 Å². The summed E-state index contributed by atoms with van der Waals surface area (Å²) in [6.07, 6.45) is 0. The predicted molar refractivity (Wildman–Crippen MR) is 116 cm³/mol. The Hall–Kier alpha value is -2.93. The van der Waals surface area contributed by atoms with Crippen LogP contribution in [0, 0.1) is 0 Å². The molecular formula is C22H31N3O4. The van der Waals surface area contributed by atoms with Crippen LogP contribution in [0.25, 0.3) is 0 Å². The van der Waals surface area contributed by atoms with Gasteiger partial charge in [-0.15, -0.1) is 0 Å². The van der Waals surface area contributed by atoms with Gasteiger partial charge in [0.25, 0.3) is 0 Å². The number of aliphatic imine (C=N–C) groups is 1. The van der Waals surface area contributed by atoms with Crippen LogP contribution in [-0.4, -0.2) is 46.5 Å². The number of benzene rings is 2. The molecule has 0 spiro atoms. The molecule has 2 aromatic carbocycles. The lowest BCUT2D eigenvalue weighted by atomic mass is 10.2. The van der Waals surface area contributed by atoms with Crippen LogP contribution in [0.1, 0.15) is 19.4 Å². The molecule has 0 saturated carbocycles. The predicted octanol–water partition coefficient (Wildman–Crippen LogP) is 3.70. The Morgan fingerprint density at radius 1 is 0.931 bits per heavy atom. The summed E-state index contributed by atoms with van der Waals surface area (Å²) in [5.74, 6) is 2.91. The van der Waals surface area contributed by atoms with E-state index in [0.29, 0.717) is 38.1 Å². The van der Waals surface area contributed by atoms with Gasteiger partial charge in [-0.3, -0.25) is 0 Å². The minimum atomic E-state index is 0.536. The molecule has 7 heteroatoms. The Kier molecular flexibility index (Phi) is 9.65. The fraction of sp³-hybridized carbons (Fsp3) is 0.409. The van der Waals surface area contributed by atoms with Gasteiger partial charge in [-0.05, 0) is 43.7 Å². The minimum Gasteiger partial charge on any atom is -0.493 e. The lowest BCUT2D eigenvalue weighted by molar-refractivity contribution is 0.146. The van der Waals surface area contributed by atoms with Crippen molar-refractivity contribution in [1.82, 2.24) is 5.32 Å². The molecule has 0 saturated heterocycles. The van der Waals surface area contributed by atoms with Crippen LogP contribution in [0.4, 0.5) is 5.69 Å². The van der Waals surface area contributed by atoms with E-state index in [2.05, 4.69) is 15.6 Å². The first kappa shape index (κ1) is 22.4. The fourth-order valence-corrected chi connectivity index (χ4v) is 2.57. The zero-order valence-corrected chi connectivity index (χ0v) is 17.7. The van der Waals surface area contributed by atoms with Crippen molar-refractivity contribution < 1.29 is 18.9 Å². The molecule has 2 N–H and O–H groups in total. The molecule has 0 amide bonds. The van der Waals surface area contributed by atoms with Crippen molar-refractivity contribution in [3.8, 4) is 17.2 Å². The Bertz CT molecular complexity index is 763. The third-order valence-corrected chi connectivity index (χ3v) is 3.97. The summed E-state index contributed by atoms with van der Waals surface area (Å²) in [5.41, 5.74) is 1.96. The second kappa shape index (κ2) is 12.5. The van der Waals surface area contributed by atoms with Gasteiger partial charge in [0.1, 0.15) is 12.4 Å². The molecule has 0 aliphatic carbocycles. The first-order chi connectivity index (χ1) is 14.2. The Labute approximate surface area is 173 Å². The minimum absolute atomic E-state index is 0.536. The molecule has 0 fully saturated rings. The van der Waals surface area contributed by atoms with Gasteiger partial charge in [0.05, 0.1) is 26.9 Å². The molecule has 7 nitrogen and oxygen atoms in total. The van der Waals surface area contributed by atoms with E-state index in [0.717, 1.165) is 29.3 Å². The average Bonchev–Trinajstić information content (AvgIpc) is 2.74. The second-order valence-corrected chi connectivity index (χ2v) is 6.10. The van der Waals surface area contributed by atoms with Gasteiger partial charge in [-0.2, -0.15) is 0 Å². The summed E-state index contributed by atoms with van der Waals surface area (Å²) < 4.78 is 21.5. The maximum absolute atomic E-state index is 5.59. The lowest BCUT2D eigenvalue weighted by Gasteiger charge is -2.14. The van der Waals surface area contributed by atoms with Crippen molar-refractivity contribution in [3.63, 3.8) is 0 Å². The number of anilines is 1. The average molecular weight is 402 g/mol. The number of hydrogen-bond donors (Lipinski definition) is 2. The molecule has 0 bridgehead atoms. The quantitative estimate of drug-likeness (QED) is 0.340. The van der Waals surface area contributed by atoms with Crippen molar-refractivity contribution in [2.75, 3.05) is 45.9 Å². The Balaban J connectivity index is 2.02. The molecule has 0 aliphatic rings. The summed E-state index contributed by atoms with van der Waals surface area (Å²) in [6.45, 7) is 6.97. The summed E-state index contributed by atoms with van der Waals surface area (Å²) in [6, 6.07) is 13.6. The van der Waals surface area contributed by atoms with Crippen molar-refractivity contribution in [2.45, 2.75) is 20.4 Å². The molecule has 2 aromatic rings. The highest BCUT2D eigenvalue weighted by molar-refractivity contribution is 5.93. The molecule has 0 unspecified atom stereocenters. The Morgan fingerprint density at radius 3 is 2.38 bits per heavy atom. The standard InChI is InChI=1S/C22H31N3O4/c1-5-23-22(25-18-9-12-20(28-6-2)21(15-18)27-4)24-16-17-7-10-19(11-8-17)29-14-13-26-3/h7-12,15H,5-6,13-14,16H2,1-4H3,(H2,23,24,25). The maximum atomic E-state index is 5.59. The topological polar surface area (TPSA) is 73.3 Å². The third-order valence-electron chi connectivity index (χ3n) is 3.97. The van der Waals surface area contributed by atoms with Crippen LogP contribution < -0.4 is 24.8 Å². The lowest BCUT2D eigenvalue weighted by Crippen LogP contribution is -2.30. The van der Waals surface area contributed by atoms with Gasteiger partial charge >= 0.3 is 0 Å². The van der Waals surface area contributed by atoms with E-state index in [1.165, 1.54) is 0 Å². The van der Waals surface area contributed by atoms with E-state index in [4.69, 9.17) is 18.9 Å². The molecule has 29 heavy (non-hydrogen) atoms. The van der Waals surface area contributed by atoms with Crippen LogP contribution in [-0.2, 0) is 11.3 Å². The zero-order valence-electron chi connectivity index (χ0n) is 17.7. The summed E-state index contributed by atoms with van der Waals surface area (Å²) in [7, 11) is 3.29. The van der Waals surface area contributed by atoms with Gasteiger partial charge < -0.3 is 29.6 Å². The van der Waals surface area contributed by atoms with Crippen molar-refractivity contribution in [1.29, 1.82) is 0 Å². The zero-order chi connectivity index (χ0) is 20.9. The smallest absolute Gasteiger partial charge is 0.196 e. The van der Waals surface area contributed by atoms with Gasteiger partial charge in [0.2, 0.25) is 0 Å². The molecule has 158 valence electrons. The molecule has 0 atom stereocenters. The number of guanidine groups is 1. The highest BCUT2D eigenvalue weighted by Crippen LogP contribution is 2.30. The van der Waals surface area contributed by atoms with Gasteiger partial charge in [0, 0.05) is 25.4 Å². The van der Waals surface area contributed by atoms with Crippen LogP contribution in [0.15, 0.2) is 47.5 Å². The number of rotatable bonds is 11. The number of ether oxygens (including phenoxy) is 4. The SMILES string of the molecule is CCNC(=NCc1ccc(OCCOC)cc1)Nc1ccc(OCC)c(OC)c1. The summed E-state index contributed by atoms with van der Waals surface area (Å²) >= 11 is 0. The van der Waals surface area contributed by atoms with Crippen LogP contribution in [0.5, 0.6) is 17.2 Å². The molecular weight excluding hydrogens is 370 g/mol. The monoisotopic (exact) mass is 401 g/mol. The highest BCUT2D eigenvalue weighted by atomic mass is 16.5. The molecule has 0 heterocycles. The number of nitrogens with one attached hydrogen (secondary N) is 2. The van der Waals surface area contributed by atoms with Gasteiger partial charge in [0.15, 0.2) is 17.5 Å². The normalized spacial score (nSPS) is 11.1. The maximum Gasteiger partial charge on any atom is 0.196 e. The fourth-order valence-electron chi connectivity index (χ4n) is 2.57. The van der Waals surface area contributed by atoms with E-state index < -0.39 is 0 Å². The van der Waals surface area contributed by atoms with E-state index in [1.54, 1.807) is 14.2 Å². The second-order valence-electron chi connectivity index (χ2n) is 6.10. The van der Waals surface area contributed by atoms with Crippen LogP contribution in [0.3, 0.4) is 0 Å². The summed E-state index contributed by atoms with van der Waals surface area (Å²) in [5, 5.41) is 6.56. The molecule has 0 aliphatic heterocycles. The number of methoxy groups -OCH3 is 2. The van der Waals surface area contributed by atoms with E-state index in [1.807, 2.05) is 56.3 Å². The number of hydrogen-bond acceptors (Lipinski definition) is 5. The first-order valence-corrected chi connectivity index (χ1v) is 9.77. The molecule has 0 aromatic heterocycles. The molecule has 2 rings (SSSR count). The van der Waals surface area contributed by atoms with Crippen molar-refractivity contribution in [3.05, 3.63) is 48.0 Å². The number of nitrogens with zero attached hydrogens (tertiary/aromatic N) is 1. The van der Waals surface area contributed by atoms with Gasteiger partial charge in [-0.25, -0.2) is 4.99 Å². The largest absolute Gasteiger partial charge is 0.493 e. The third kappa shape index (κ3) is 7.54. The molecule has 0 radical (unpaired) electrons. The van der Waals surface area contributed by atoms with Crippen molar-refractivity contribution in [2.24, 2.45) is 4.99 Å². The van der Waals surface area contributed by atoms with E-state index >= 15 is 0 Å². The Morgan fingerprint density at radius 2 is 1.72 bits per heavy atom. The van der Waals surface area contributed by atoms with Crippen LogP contribution in [0.2, 0.25) is 0 Å². The van der Waals surface area contributed by atoms with E-state index in [-0.39, 0.29) is 0 Å². The summed E-state index contributed by atoms with van der Waals surface area (Å²) in [4.78, 5) is 4.66. The van der Waals surface area contributed by atoms with Crippen LogP contribution >= 0.6 is 0 Å².